The summed E-state index contributed by atoms with van der Waals surface area (Å²) in [4.78, 5) is 0. The van der Waals surface area contributed by atoms with Crippen LogP contribution in [0.2, 0.25) is 0 Å². The Morgan fingerprint density at radius 1 is 1.07 bits per heavy atom. The van der Waals surface area contributed by atoms with E-state index >= 15 is 0 Å². The van der Waals surface area contributed by atoms with Gasteiger partial charge in [0.15, 0.2) is 0 Å². The molecule has 0 spiro atoms. The first-order chi connectivity index (χ1) is 6.50. The fourth-order valence-electron chi connectivity index (χ4n) is 1.93. The first-order valence-corrected chi connectivity index (χ1v) is 5.17. The highest BCUT2D eigenvalue weighted by atomic mass is 79.9. The van der Waals surface area contributed by atoms with E-state index in [1.165, 1.54) is 6.07 Å². The highest BCUT2D eigenvalue weighted by Crippen LogP contribution is 2.39. The van der Waals surface area contributed by atoms with Gasteiger partial charge in [-0.1, -0.05) is 15.9 Å². The molecule has 0 amide bonds. The van der Waals surface area contributed by atoms with Crippen molar-refractivity contribution in [2.45, 2.75) is 25.4 Å². The second kappa shape index (κ2) is 3.26. The van der Waals surface area contributed by atoms with Gasteiger partial charge >= 0.3 is 6.18 Å². The monoisotopic (exact) mass is 264 g/mol. The number of halogens is 4. The minimum Gasteiger partial charge on any atom is -0.166 e. The molecule has 1 aliphatic rings. The Bertz CT molecular complexity index is 368. The minimum atomic E-state index is -4.21. The fourth-order valence-corrected chi connectivity index (χ4v) is 2.50. The van der Waals surface area contributed by atoms with Crippen molar-refractivity contribution in [1.29, 1.82) is 0 Å². The van der Waals surface area contributed by atoms with Gasteiger partial charge < -0.3 is 0 Å². The predicted molar refractivity (Wildman–Crippen MR) is 51.2 cm³/mol. The molecule has 14 heavy (non-hydrogen) atoms. The molecule has 1 aliphatic carbocycles. The van der Waals surface area contributed by atoms with E-state index in [0.29, 0.717) is 12.0 Å². The van der Waals surface area contributed by atoms with Crippen LogP contribution in [0, 0.1) is 0 Å². The van der Waals surface area contributed by atoms with Crippen LogP contribution in [0.25, 0.3) is 0 Å². The van der Waals surface area contributed by atoms with Gasteiger partial charge in [-0.25, -0.2) is 0 Å². The molecule has 0 N–H and O–H groups in total. The van der Waals surface area contributed by atoms with E-state index in [1.807, 2.05) is 0 Å². The zero-order chi connectivity index (χ0) is 10.3. The van der Waals surface area contributed by atoms with Crippen LogP contribution in [0.5, 0.6) is 0 Å². The topological polar surface area (TPSA) is 0 Å². The molecule has 0 atom stereocenters. The first kappa shape index (κ1) is 10.0. The van der Waals surface area contributed by atoms with Crippen LogP contribution < -0.4 is 0 Å². The summed E-state index contributed by atoms with van der Waals surface area (Å²) in [5, 5.41) is 0. The molecule has 0 nitrogen and oxygen atoms in total. The first-order valence-electron chi connectivity index (χ1n) is 4.37. The van der Waals surface area contributed by atoms with Crippen LogP contribution in [0.4, 0.5) is 13.2 Å². The molecule has 0 radical (unpaired) electrons. The van der Waals surface area contributed by atoms with Crippen molar-refractivity contribution < 1.29 is 13.2 Å². The van der Waals surface area contributed by atoms with E-state index in [9.17, 15) is 13.2 Å². The van der Waals surface area contributed by atoms with Crippen LogP contribution in [-0.4, -0.2) is 0 Å². The molecule has 0 heterocycles. The van der Waals surface area contributed by atoms with E-state index < -0.39 is 11.7 Å². The lowest BCUT2D eigenvalue weighted by atomic mass is 10.0. The molecule has 2 rings (SSSR count). The molecular weight excluding hydrogens is 257 g/mol. The third-order valence-corrected chi connectivity index (χ3v) is 3.28. The van der Waals surface area contributed by atoms with Gasteiger partial charge in [0.25, 0.3) is 0 Å². The molecule has 0 fully saturated rings. The van der Waals surface area contributed by atoms with Gasteiger partial charge in [0, 0.05) is 4.47 Å². The van der Waals surface area contributed by atoms with E-state index in [-0.39, 0.29) is 0 Å². The van der Waals surface area contributed by atoms with Gasteiger partial charge in [0.2, 0.25) is 0 Å². The molecule has 4 heteroatoms. The number of rotatable bonds is 0. The summed E-state index contributed by atoms with van der Waals surface area (Å²) >= 11 is 3.28. The lowest BCUT2D eigenvalue weighted by Gasteiger charge is -2.12. The summed E-state index contributed by atoms with van der Waals surface area (Å²) in [5.74, 6) is 0. The van der Waals surface area contributed by atoms with Crippen LogP contribution in [0.3, 0.4) is 0 Å². The van der Waals surface area contributed by atoms with Crippen molar-refractivity contribution >= 4 is 15.9 Å². The van der Waals surface area contributed by atoms with Crippen molar-refractivity contribution in [2.24, 2.45) is 0 Å². The van der Waals surface area contributed by atoms with Crippen LogP contribution in [0.15, 0.2) is 16.6 Å². The van der Waals surface area contributed by atoms with Gasteiger partial charge in [-0.2, -0.15) is 13.2 Å². The quantitative estimate of drug-likeness (QED) is 0.666. The molecule has 0 saturated carbocycles. The third-order valence-electron chi connectivity index (χ3n) is 2.53. The highest BCUT2D eigenvalue weighted by molar-refractivity contribution is 9.10. The Labute approximate surface area is 88.2 Å². The van der Waals surface area contributed by atoms with Crippen molar-refractivity contribution in [3.05, 3.63) is 33.3 Å². The number of alkyl halides is 3. The third kappa shape index (κ3) is 1.56. The molecule has 0 aliphatic heterocycles. The number of hydrogen-bond donors (Lipinski definition) is 0. The van der Waals surface area contributed by atoms with Crippen molar-refractivity contribution in [3.8, 4) is 0 Å². The number of benzene rings is 1. The maximum Gasteiger partial charge on any atom is 0.416 e. The standard InChI is InChI=1S/C10H8BrF3/c11-9-5-4-8(10(12,13)14)6-2-1-3-7(6)9/h4-5H,1-3H2. The van der Waals surface area contributed by atoms with Crippen molar-refractivity contribution in [3.63, 3.8) is 0 Å². The summed E-state index contributed by atoms with van der Waals surface area (Å²) in [6.07, 6.45) is -2.10. The molecule has 76 valence electrons. The van der Waals surface area contributed by atoms with E-state index in [0.717, 1.165) is 28.9 Å². The lowest BCUT2D eigenvalue weighted by Crippen LogP contribution is -2.09. The minimum absolute atomic E-state index is 0.465. The normalized spacial score (nSPS) is 15.7. The Kier molecular flexibility index (Phi) is 2.33. The van der Waals surface area contributed by atoms with Gasteiger partial charge in [-0.3, -0.25) is 0 Å². The smallest absolute Gasteiger partial charge is 0.166 e. The second-order valence-corrected chi connectivity index (χ2v) is 4.26. The number of hydrogen-bond acceptors (Lipinski definition) is 0. The Morgan fingerprint density at radius 3 is 2.36 bits per heavy atom. The zero-order valence-electron chi connectivity index (χ0n) is 7.29. The lowest BCUT2D eigenvalue weighted by molar-refractivity contribution is -0.138. The van der Waals surface area contributed by atoms with Gasteiger partial charge in [0.1, 0.15) is 0 Å². The second-order valence-electron chi connectivity index (χ2n) is 3.40. The van der Waals surface area contributed by atoms with E-state index in [4.69, 9.17) is 0 Å². The summed E-state index contributed by atoms with van der Waals surface area (Å²) in [6.45, 7) is 0. The Morgan fingerprint density at radius 2 is 1.71 bits per heavy atom. The predicted octanol–water partition coefficient (Wildman–Crippen LogP) is 3.96. The van der Waals surface area contributed by atoms with Crippen molar-refractivity contribution in [2.75, 3.05) is 0 Å². The molecule has 0 aromatic heterocycles. The molecule has 0 unspecified atom stereocenters. The SMILES string of the molecule is FC(F)(F)c1ccc(Br)c2c1CCC2. The summed E-state index contributed by atoms with van der Waals surface area (Å²) in [7, 11) is 0. The van der Waals surface area contributed by atoms with E-state index in [1.54, 1.807) is 0 Å². The average Bonchev–Trinajstić information content (AvgIpc) is 2.50. The maximum atomic E-state index is 12.6. The van der Waals surface area contributed by atoms with Gasteiger partial charge in [0.05, 0.1) is 5.56 Å². The van der Waals surface area contributed by atoms with Crippen LogP contribution in [-0.2, 0) is 19.0 Å². The van der Waals surface area contributed by atoms with Crippen molar-refractivity contribution in [1.82, 2.24) is 0 Å². The Balaban J connectivity index is 2.60. The highest BCUT2D eigenvalue weighted by Gasteiger charge is 2.35. The molecule has 1 aromatic rings. The Hall–Kier alpha value is -0.510. The van der Waals surface area contributed by atoms with E-state index in [2.05, 4.69) is 15.9 Å². The molecule has 0 saturated heterocycles. The van der Waals surface area contributed by atoms with Crippen LogP contribution >= 0.6 is 15.9 Å². The maximum absolute atomic E-state index is 12.6. The molecule has 0 bridgehead atoms. The summed E-state index contributed by atoms with van der Waals surface area (Å²) < 4.78 is 38.5. The fraction of sp³-hybridized carbons (Fsp3) is 0.400. The molecule has 1 aromatic carbocycles. The largest absolute Gasteiger partial charge is 0.416 e. The van der Waals surface area contributed by atoms with Gasteiger partial charge in [-0.15, -0.1) is 0 Å². The summed E-state index contributed by atoms with van der Waals surface area (Å²) in [5.41, 5.74) is 0.847. The number of fused-ring (bicyclic) bond motifs is 1. The summed E-state index contributed by atoms with van der Waals surface area (Å²) in [6, 6.07) is 2.65. The molecular formula is C10H8BrF3. The zero-order valence-corrected chi connectivity index (χ0v) is 8.87. The van der Waals surface area contributed by atoms with Crippen LogP contribution in [0.1, 0.15) is 23.1 Å². The average molecular weight is 265 g/mol. The van der Waals surface area contributed by atoms with Gasteiger partial charge in [-0.05, 0) is 42.5 Å².